The lowest BCUT2D eigenvalue weighted by atomic mass is 10.0. The number of anilines is 2. The van der Waals surface area contributed by atoms with E-state index in [-0.39, 0.29) is 12.0 Å². The fourth-order valence-corrected chi connectivity index (χ4v) is 2.24. The van der Waals surface area contributed by atoms with E-state index in [1.165, 1.54) is 16.3 Å². The Kier molecular flexibility index (Phi) is 3.21. The van der Waals surface area contributed by atoms with Gasteiger partial charge >= 0.3 is 0 Å². The van der Waals surface area contributed by atoms with Crippen LogP contribution in [0, 0.1) is 0 Å². The molecule has 0 unspecified atom stereocenters. The van der Waals surface area contributed by atoms with Gasteiger partial charge < -0.3 is 11.1 Å². The lowest BCUT2D eigenvalue weighted by molar-refractivity contribution is 0.875. The van der Waals surface area contributed by atoms with E-state index in [4.69, 9.17) is 5.73 Å². The summed E-state index contributed by atoms with van der Waals surface area (Å²) in [5.41, 5.74) is 6.79. The van der Waals surface area contributed by atoms with E-state index in [1.54, 1.807) is 6.20 Å². The molecule has 0 aliphatic rings. The third kappa shape index (κ3) is 2.54. The standard InChI is InChI=1S/C16H16N4/c1-11(19-15-8-9-18-16(17)20-15)13-7-6-12-4-2-3-5-14(12)10-13/h2-11H,1H3,(H3,17,18,19,20)/t11-/m1/s1. The summed E-state index contributed by atoms with van der Waals surface area (Å²) in [6.45, 7) is 2.10. The number of hydrogen-bond acceptors (Lipinski definition) is 4. The van der Waals surface area contributed by atoms with E-state index >= 15 is 0 Å². The molecule has 0 saturated heterocycles. The molecule has 0 amide bonds. The molecule has 2 aromatic carbocycles. The van der Waals surface area contributed by atoms with Gasteiger partial charge in [-0.15, -0.1) is 0 Å². The third-order valence-corrected chi connectivity index (χ3v) is 3.31. The summed E-state index contributed by atoms with van der Waals surface area (Å²) in [4.78, 5) is 8.04. The number of nitrogens with two attached hydrogens (primary N) is 1. The number of nitrogens with zero attached hydrogens (tertiary/aromatic N) is 2. The molecular weight excluding hydrogens is 248 g/mol. The number of aromatic nitrogens is 2. The van der Waals surface area contributed by atoms with Crippen LogP contribution in [0.3, 0.4) is 0 Å². The van der Waals surface area contributed by atoms with Gasteiger partial charge in [-0.05, 0) is 35.4 Å². The normalized spacial score (nSPS) is 12.2. The van der Waals surface area contributed by atoms with Crippen LogP contribution in [0.15, 0.2) is 54.7 Å². The Morgan fingerprint density at radius 2 is 1.85 bits per heavy atom. The van der Waals surface area contributed by atoms with Gasteiger partial charge in [0, 0.05) is 12.2 Å². The highest BCUT2D eigenvalue weighted by molar-refractivity contribution is 5.83. The molecular formula is C16H16N4. The summed E-state index contributed by atoms with van der Waals surface area (Å²) in [6.07, 6.45) is 1.65. The van der Waals surface area contributed by atoms with E-state index in [0.29, 0.717) is 0 Å². The Bertz CT molecular complexity index is 739. The van der Waals surface area contributed by atoms with E-state index < -0.39 is 0 Å². The molecule has 0 saturated carbocycles. The fraction of sp³-hybridized carbons (Fsp3) is 0.125. The second kappa shape index (κ2) is 5.17. The summed E-state index contributed by atoms with van der Waals surface area (Å²) in [5, 5.41) is 5.81. The summed E-state index contributed by atoms with van der Waals surface area (Å²) in [6, 6.07) is 16.8. The highest BCUT2D eigenvalue weighted by atomic mass is 15.1. The molecule has 1 aromatic heterocycles. The van der Waals surface area contributed by atoms with Crippen molar-refractivity contribution in [1.82, 2.24) is 9.97 Å². The number of fused-ring (bicyclic) bond motifs is 1. The van der Waals surface area contributed by atoms with Gasteiger partial charge in [0.2, 0.25) is 5.95 Å². The number of benzene rings is 2. The van der Waals surface area contributed by atoms with Gasteiger partial charge in [0.25, 0.3) is 0 Å². The van der Waals surface area contributed by atoms with Crippen molar-refractivity contribution in [2.45, 2.75) is 13.0 Å². The highest BCUT2D eigenvalue weighted by Crippen LogP contribution is 2.22. The average Bonchev–Trinajstić information content (AvgIpc) is 2.47. The maximum absolute atomic E-state index is 5.59. The molecule has 4 nitrogen and oxygen atoms in total. The fourth-order valence-electron chi connectivity index (χ4n) is 2.24. The Morgan fingerprint density at radius 1 is 1.05 bits per heavy atom. The summed E-state index contributed by atoms with van der Waals surface area (Å²) in [7, 11) is 0. The van der Waals surface area contributed by atoms with E-state index in [1.807, 2.05) is 12.1 Å². The van der Waals surface area contributed by atoms with Gasteiger partial charge in [-0.25, -0.2) is 4.98 Å². The SMILES string of the molecule is C[C@@H](Nc1ccnc(N)n1)c1ccc2ccccc2c1. The van der Waals surface area contributed by atoms with Crippen molar-refractivity contribution in [2.75, 3.05) is 11.1 Å². The molecule has 1 atom stereocenters. The quantitative estimate of drug-likeness (QED) is 0.761. The van der Waals surface area contributed by atoms with Crippen molar-refractivity contribution in [2.24, 2.45) is 0 Å². The maximum atomic E-state index is 5.59. The van der Waals surface area contributed by atoms with Crippen LogP contribution in [0.1, 0.15) is 18.5 Å². The monoisotopic (exact) mass is 264 g/mol. The topological polar surface area (TPSA) is 63.8 Å². The molecule has 3 rings (SSSR count). The van der Waals surface area contributed by atoms with Gasteiger partial charge in [-0.3, -0.25) is 0 Å². The lowest BCUT2D eigenvalue weighted by Gasteiger charge is -2.15. The highest BCUT2D eigenvalue weighted by Gasteiger charge is 2.07. The summed E-state index contributed by atoms with van der Waals surface area (Å²) >= 11 is 0. The summed E-state index contributed by atoms with van der Waals surface area (Å²) in [5.74, 6) is 1.01. The van der Waals surface area contributed by atoms with Crippen molar-refractivity contribution >= 4 is 22.5 Å². The van der Waals surface area contributed by atoms with Crippen LogP contribution >= 0.6 is 0 Å². The molecule has 3 N–H and O–H groups in total. The van der Waals surface area contributed by atoms with Crippen LogP contribution in [0.2, 0.25) is 0 Å². The predicted molar refractivity (Wildman–Crippen MR) is 82.4 cm³/mol. The second-order valence-corrected chi connectivity index (χ2v) is 4.77. The predicted octanol–water partition coefficient (Wildman–Crippen LogP) is 3.39. The molecule has 0 aliphatic heterocycles. The lowest BCUT2D eigenvalue weighted by Crippen LogP contribution is -2.09. The molecule has 0 bridgehead atoms. The number of rotatable bonds is 3. The first-order valence-corrected chi connectivity index (χ1v) is 6.56. The third-order valence-electron chi connectivity index (χ3n) is 3.31. The zero-order valence-corrected chi connectivity index (χ0v) is 11.2. The minimum Gasteiger partial charge on any atom is -0.368 e. The Balaban J connectivity index is 1.86. The van der Waals surface area contributed by atoms with Gasteiger partial charge in [0.15, 0.2) is 0 Å². The maximum Gasteiger partial charge on any atom is 0.221 e. The van der Waals surface area contributed by atoms with Crippen molar-refractivity contribution in [1.29, 1.82) is 0 Å². The molecule has 0 fully saturated rings. The number of nitrogens with one attached hydrogen (secondary N) is 1. The molecule has 3 aromatic rings. The van der Waals surface area contributed by atoms with Crippen molar-refractivity contribution in [3.63, 3.8) is 0 Å². The molecule has 0 radical (unpaired) electrons. The van der Waals surface area contributed by atoms with Gasteiger partial charge in [0.05, 0.1) is 0 Å². The minimum atomic E-state index is 0.147. The van der Waals surface area contributed by atoms with E-state index in [9.17, 15) is 0 Å². The van der Waals surface area contributed by atoms with Crippen LogP contribution in [-0.4, -0.2) is 9.97 Å². The minimum absolute atomic E-state index is 0.147. The molecule has 4 heteroatoms. The largest absolute Gasteiger partial charge is 0.368 e. The van der Waals surface area contributed by atoms with E-state index in [0.717, 1.165) is 5.82 Å². The van der Waals surface area contributed by atoms with E-state index in [2.05, 4.69) is 58.6 Å². The van der Waals surface area contributed by atoms with Gasteiger partial charge in [-0.1, -0.05) is 36.4 Å². The smallest absolute Gasteiger partial charge is 0.221 e. The Hall–Kier alpha value is -2.62. The zero-order chi connectivity index (χ0) is 13.9. The van der Waals surface area contributed by atoms with Crippen molar-refractivity contribution < 1.29 is 0 Å². The van der Waals surface area contributed by atoms with Crippen LogP contribution < -0.4 is 11.1 Å². The van der Waals surface area contributed by atoms with Gasteiger partial charge in [0.1, 0.15) is 5.82 Å². The van der Waals surface area contributed by atoms with Crippen LogP contribution in [-0.2, 0) is 0 Å². The van der Waals surface area contributed by atoms with Crippen LogP contribution in [0.5, 0.6) is 0 Å². The van der Waals surface area contributed by atoms with Crippen LogP contribution in [0.4, 0.5) is 11.8 Å². The van der Waals surface area contributed by atoms with Crippen molar-refractivity contribution in [3.05, 3.63) is 60.3 Å². The van der Waals surface area contributed by atoms with Gasteiger partial charge in [-0.2, -0.15) is 4.98 Å². The molecule has 0 aliphatic carbocycles. The second-order valence-electron chi connectivity index (χ2n) is 4.77. The first kappa shape index (κ1) is 12.4. The zero-order valence-electron chi connectivity index (χ0n) is 11.2. The average molecular weight is 264 g/mol. The summed E-state index contributed by atoms with van der Waals surface area (Å²) < 4.78 is 0. The molecule has 100 valence electrons. The molecule has 1 heterocycles. The molecule has 0 spiro atoms. The number of hydrogen-bond donors (Lipinski definition) is 2. The van der Waals surface area contributed by atoms with Crippen molar-refractivity contribution in [3.8, 4) is 0 Å². The van der Waals surface area contributed by atoms with Crippen LogP contribution in [0.25, 0.3) is 10.8 Å². The first-order chi connectivity index (χ1) is 9.72. The molecule has 20 heavy (non-hydrogen) atoms. The number of nitrogen functional groups attached to an aromatic ring is 1. The first-order valence-electron chi connectivity index (χ1n) is 6.56. The Labute approximate surface area is 117 Å². The Morgan fingerprint density at radius 3 is 2.65 bits per heavy atom.